The molecular formula is C15H18Cl2N2O. The topological polar surface area (TPSA) is 38.1 Å². The van der Waals surface area contributed by atoms with E-state index in [1.807, 2.05) is 6.07 Å². The second kappa shape index (κ2) is 7.67. The molecule has 0 unspecified atom stereocenters. The lowest BCUT2D eigenvalue weighted by Gasteiger charge is -2.03. The van der Waals surface area contributed by atoms with Gasteiger partial charge in [-0.15, -0.1) is 0 Å². The molecule has 0 aliphatic rings. The number of benzene rings is 1. The first kappa shape index (κ1) is 15.4. The van der Waals surface area contributed by atoms with Gasteiger partial charge < -0.3 is 9.73 Å². The van der Waals surface area contributed by atoms with Gasteiger partial charge in [0.15, 0.2) is 11.7 Å². The predicted molar refractivity (Wildman–Crippen MR) is 83.4 cm³/mol. The SMILES string of the molecule is CCCNCCCc1ncc(-c2c(Cl)cccc2Cl)o1. The van der Waals surface area contributed by atoms with E-state index < -0.39 is 0 Å². The average Bonchev–Trinajstić information content (AvgIpc) is 2.87. The summed E-state index contributed by atoms with van der Waals surface area (Å²) in [5.74, 6) is 1.34. The Kier molecular flexibility index (Phi) is 5.89. The van der Waals surface area contributed by atoms with Gasteiger partial charge in [0.25, 0.3) is 0 Å². The van der Waals surface area contributed by atoms with Crippen LogP contribution in [0.2, 0.25) is 10.0 Å². The van der Waals surface area contributed by atoms with Gasteiger partial charge in [-0.3, -0.25) is 0 Å². The van der Waals surface area contributed by atoms with Gasteiger partial charge in [-0.05, 0) is 38.1 Å². The first-order chi connectivity index (χ1) is 9.72. The minimum atomic E-state index is 0.574. The van der Waals surface area contributed by atoms with Crippen LogP contribution in [0.5, 0.6) is 0 Å². The highest BCUT2D eigenvalue weighted by Gasteiger charge is 2.13. The molecule has 2 rings (SSSR count). The summed E-state index contributed by atoms with van der Waals surface area (Å²) in [6.07, 6.45) is 4.63. The molecule has 1 aromatic carbocycles. The van der Waals surface area contributed by atoms with Crippen LogP contribution < -0.4 is 5.32 Å². The fourth-order valence-corrected chi connectivity index (χ4v) is 2.52. The van der Waals surface area contributed by atoms with Crippen molar-refractivity contribution in [1.82, 2.24) is 10.3 Å². The normalized spacial score (nSPS) is 10.9. The van der Waals surface area contributed by atoms with E-state index in [4.69, 9.17) is 27.6 Å². The largest absolute Gasteiger partial charge is 0.441 e. The molecule has 108 valence electrons. The van der Waals surface area contributed by atoms with Crippen LogP contribution in [0.25, 0.3) is 11.3 Å². The molecule has 0 bridgehead atoms. The number of nitrogens with zero attached hydrogens (tertiary/aromatic N) is 1. The number of aryl methyl sites for hydroxylation is 1. The summed E-state index contributed by atoms with van der Waals surface area (Å²) in [5.41, 5.74) is 0.707. The standard InChI is InChI=1S/C15H18Cl2N2O/c1-2-8-18-9-4-7-14-19-10-13(20-14)15-11(16)5-3-6-12(15)17/h3,5-6,10,18H,2,4,7-9H2,1H3. The summed E-state index contributed by atoms with van der Waals surface area (Å²) >= 11 is 12.3. The van der Waals surface area contributed by atoms with E-state index in [1.54, 1.807) is 18.3 Å². The summed E-state index contributed by atoms with van der Waals surface area (Å²) in [6.45, 7) is 4.17. The number of aromatic nitrogens is 1. The van der Waals surface area contributed by atoms with Gasteiger partial charge in [0, 0.05) is 6.42 Å². The summed E-state index contributed by atoms with van der Waals surface area (Å²) in [5, 5.41) is 4.50. The molecule has 0 fully saturated rings. The molecule has 0 aliphatic heterocycles. The maximum atomic E-state index is 6.15. The first-order valence-corrected chi connectivity index (χ1v) is 7.57. The molecular weight excluding hydrogens is 295 g/mol. The van der Waals surface area contributed by atoms with E-state index in [-0.39, 0.29) is 0 Å². The second-order valence-corrected chi connectivity index (χ2v) is 5.38. The van der Waals surface area contributed by atoms with Gasteiger partial charge in [-0.2, -0.15) is 0 Å². The van der Waals surface area contributed by atoms with Crippen molar-refractivity contribution < 1.29 is 4.42 Å². The minimum absolute atomic E-state index is 0.574. The van der Waals surface area contributed by atoms with Crippen LogP contribution in [0.1, 0.15) is 25.7 Å². The lowest BCUT2D eigenvalue weighted by Crippen LogP contribution is -2.16. The monoisotopic (exact) mass is 312 g/mol. The quantitative estimate of drug-likeness (QED) is 0.760. The van der Waals surface area contributed by atoms with Crippen molar-refractivity contribution in [2.45, 2.75) is 26.2 Å². The lowest BCUT2D eigenvalue weighted by atomic mass is 10.2. The van der Waals surface area contributed by atoms with Gasteiger partial charge in [0.2, 0.25) is 0 Å². The molecule has 0 atom stereocenters. The number of nitrogens with one attached hydrogen (secondary N) is 1. The smallest absolute Gasteiger partial charge is 0.194 e. The third-order valence-electron chi connectivity index (χ3n) is 2.93. The van der Waals surface area contributed by atoms with Crippen LogP contribution in [0.15, 0.2) is 28.8 Å². The van der Waals surface area contributed by atoms with E-state index in [0.717, 1.165) is 32.4 Å². The van der Waals surface area contributed by atoms with Crippen molar-refractivity contribution in [3.63, 3.8) is 0 Å². The average molecular weight is 313 g/mol. The van der Waals surface area contributed by atoms with Crippen LogP contribution in [0, 0.1) is 0 Å². The van der Waals surface area contributed by atoms with Gasteiger partial charge >= 0.3 is 0 Å². The molecule has 1 heterocycles. The number of hydrogen-bond donors (Lipinski definition) is 1. The Morgan fingerprint density at radius 3 is 2.65 bits per heavy atom. The predicted octanol–water partition coefficient (Wildman–Crippen LogP) is 4.58. The van der Waals surface area contributed by atoms with Gasteiger partial charge in [0.1, 0.15) is 0 Å². The molecule has 5 heteroatoms. The van der Waals surface area contributed by atoms with E-state index in [9.17, 15) is 0 Å². The minimum Gasteiger partial charge on any atom is -0.441 e. The summed E-state index contributed by atoms with van der Waals surface area (Å²) < 4.78 is 5.73. The number of hydrogen-bond acceptors (Lipinski definition) is 3. The van der Waals surface area contributed by atoms with Crippen LogP contribution >= 0.6 is 23.2 Å². The van der Waals surface area contributed by atoms with E-state index >= 15 is 0 Å². The zero-order valence-corrected chi connectivity index (χ0v) is 13.0. The van der Waals surface area contributed by atoms with Crippen molar-refractivity contribution in [1.29, 1.82) is 0 Å². The molecule has 0 aliphatic carbocycles. The van der Waals surface area contributed by atoms with Crippen molar-refractivity contribution in [2.24, 2.45) is 0 Å². The molecule has 0 spiro atoms. The third kappa shape index (κ3) is 3.98. The maximum Gasteiger partial charge on any atom is 0.194 e. The Bertz CT molecular complexity index is 534. The van der Waals surface area contributed by atoms with Crippen molar-refractivity contribution in [3.8, 4) is 11.3 Å². The van der Waals surface area contributed by atoms with Gasteiger partial charge in [0.05, 0.1) is 21.8 Å². The van der Waals surface area contributed by atoms with Crippen molar-refractivity contribution >= 4 is 23.2 Å². The van der Waals surface area contributed by atoms with Crippen LogP contribution in [0.3, 0.4) is 0 Å². The Labute approximate surface area is 129 Å². The van der Waals surface area contributed by atoms with Crippen LogP contribution in [0.4, 0.5) is 0 Å². The summed E-state index contributed by atoms with van der Waals surface area (Å²) in [6, 6.07) is 5.39. The van der Waals surface area contributed by atoms with Crippen molar-refractivity contribution in [2.75, 3.05) is 13.1 Å². The third-order valence-corrected chi connectivity index (χ3v) is 3.56. The molecule has 1 N–H and O–H groups in total. The van der Waals surface area contributed by atoms with E-state index in [1.165, 1.54) is 0 Å². The van der Waals surface area contributed by atoms with Crippen LogP contribution in [-0.2, 0) is 6.42 Å². The number of halogens is 2. The Morgan fingerprint density at radius 2 is 1.95 bits per heavy atom. The fourth-order valence-electron chi connectivity index (χ4n) is 1.94. The number of rotatable bonds is 7. The molecule has 0 saturated carbocycles. The second-order valence-electron chi connectivity index (χ2n) is 4.57. The molecule has 2 aromatic rings. The Balaban J connectivity index is 1.98. The summed E-state index contributed by atoms with van der Waals surface area (Å²) in [4.78, 5) is 4.28. The first-order valence-electron chi connectivity index (χ1n) is 6.82. The molecule has 20 heavy (non-hydrogen) atoms. The van der Waals surface area contributed by atoms with Gasteiger partial charge in [-0.1, -0.05) is 36.2 Å². The molecule has 3 nitrogen and oxygen atoms in total. The fraction of sp³-hybridized carbons (Fsp3) is 0.400. The summed E-state index contributed by atoms with van der Waals surface area (Å²) in [7, 11) is 0. The molecule has 0 radical (unpaired) electrons. The lowest BCUT2D eigenvalue weighted by molar-refractivity contribution is 0.491. The highest BCUT2D eigenvalue weighted by atomic mass is 35.5. The molecule has 0 amide bonds. The molecule has 1 aromatic heterocycles. The van der Waals surface area contributed by atoms with Gasteiger partial charge in [-0.25, -0.2) is 4.98 Å². The van der Waals surface area contributed by atoms with E-state index in [0.29, 0.717) is 27.3 Å². The molecule has 0 saturated heterocycles. The van der Waals surface area contributed by atoms with Crippen LogP contribution in [-0.4, -0.2) is 18.1 Å². The zero-order valence-electron chi connectivity index (χ0n) is 11.5. The van der Waals surface area contributed by atoms with Crippen molar-refractivity contribution in [3.05, 3.63) is 40.3 Å². The number of oxazole rings is 1. The maximum absolute atomic E-state index is 6.15. The zero-order chi connectivity index (χ0) is 14.4. The highest BCUT2D eigenvalue weighted by molar-refractivity contribution is 6.39. The Hall–Kier alpha value is -1.03. The van der Waals surface area contributed by atoms with E-state index in [2.05, 4.69) is 17.2 Å². The highest BCUT2D eigenvalue weighted by Crippen LogP contribution is 2.34. The Morgan fingerprint density at radius 1 is 1.20 bits per heavy atom.